The first-order valence-electron chi connectivity index (χ1n) is 11.7. The number of hydrogen-bond donors (Lipinski definition) is 3. The highest BCUT2D eigenvalue weighted by molar-refractivity contribution is 7.80. The number of rotatable bonds is 15. The number of nitrogens with one attached hydrogen (secondary N) is 3. The molecule has 0 spiro atoms. The number of hydrogen-bond acceptors (Lipinski definition) is 2. The molecule has 0 saturated heterocycles. The summed E-state index contributed by atoms with van der Waals surface area (Å²) < 4.78 is -1.74. The molecule has 0 fully saturated rings. The molecule has 0 aliphatic heterocycles. The van der Waals surface area contributed by atoms with Gasteiger partial charge in [0.25, 0.3) is 0 Å². The minimum atomic E-state index is -1.74. The second-order valence-electron chi connectivity index (χ2n) is 8.29. The zero-order valence-corrected chi connectivity index (χ0v) is 22.4. The van der Waals surface area contributed by atoms with Crippen molar-refractivity contribution in [3.63, 3.8) is 0 Å². The lowest BCUT2D eigenvalue weighted by Crippen LogP contribution is -2.56. The molecule has 0 aromatic heterocycles. The zero-order chi connectivity index (χ0) is 23.8. The maximum absolute atomic E-state index is 12.3. The molecule has 0 aliphatic rings. The molecule has 8 heteroatoms. The number of carbonyl (C=O) groups excluding carboxylic acids is 1. The summed E-state index contributed by atoms with van der Waals surface area (Å²) in [6, 6.07) is 7.73. The van der Waals surface area contributed by atoms with Crippen LogP contribution in [0, 0.1) is 6.92 Å². The van der Waals surface area contributed by atoms with Gasteiger partial charge in [0, 0.05) is 12.1 Å². The van der Waals surface area contributed by atoms with E-state index in [0.29, 0.717) is 6.42 Å². The van der Waals surface area contributed by atoms with E-state index in [0.717, 1.165) is 30.5 Å². The average molecular weight is 523 g/mol. The van der Waals surface area contributed by atoms with E-state index in [1.54, 1.807) is 0 Å². The maximum Gasteiger partial charge on any atom is 0.228 e. The van der Waals surface area contributed by atoms with Crippen LogP contribution in [0.2, 0.25) is 0 Å². The van der Waals surface area contributed by atoms with Gasteiger partial charge in [-0.15, -0.1) is 0 Å². The Balaban J connectivity index is 2.25. The van der Waals surface area contributed by atoms with Crippen molar-refractivity contribution in [1.82, 2.24) is 10.6 Å². The van der Waals surface area contributed by atoms with Crippen LogP contribution in [0.5, 0.6) is 0 Å². The lowest BCUT2D eigenvalue weighted by atomic mass is 10.1. The van der Waals surface area contributed by atoms with Crippen LogP contribution in [0.25, 0.3) is 0 Å². The molecule has 1 aromatic carbocycles. The molecule has 0 radical (unpaired) electrons. The van der Waals surface area contributed by atoms with Crippen LogP contribution in [-0.4, -0.2) is 21.0 Å². The van der Waals surface area contributed by atoms with E-state index in [1.807, 2.05) is 31.2 Å². The van der Waals surface area contributed by atoms with Crippen LogP contribution < -0.4 is 16.0 Å². The molecule has 1 rings (SSSR count). The first-order valence-corrected chi connectivity index (χ1v) is 13.3. The fraction of sp³-hybridized carbons (Fsp3) is 0.667. The Hall–Kier alpha value is -0.750. The predicted octanol–water partition coefficient (Wildman–Crippen LogP) is 7.80. The maximum atomic E-state index is 12.3. The minimum Gasteiger partial charge on any atom is -0.339 e. The third kappa shape index (κ3) is 14.4. The van der Waals surface area contributed by atoms with E-state index >= 15 is 0 Å². The van der Waals surface area contributed by atoms with Crippen molar-refractivity contribution in [1.29, 1.82) is 0 Å². The third-order valence-corrected chi connectivity index (χ3v) is 6.10. The van der Waals surface area contributed by atoms with Crippen LogP contribution in [-0.2, 0) is 4.79 Å². The van der Waals surface area contributed by atoms with Gasteiger partial charge in [-0.25, -0.2) is 0 Å². The van der Waals surface area contributed by atoms with E-state index in [4.69, 9.17) is 47.0 Å². The van der Waals surface area contributed by atoms with Gasteiger partial charge in [-0.1, -0.05) is 124 Å². The number of unbranched alkanes of at least 4 members (excludes halogenated alkanes) is 10. The molecule has 32 heavy (non-hydrogen) atoms. The predicted molar refractivity (Wildman–Crippen MR) is 144 cm³/mol. The number of amides is 1. The number of aryl methyl sites for hydroxylation is 1. The molecule has 0 aliphatic carbocycles. The van der Waals surface area contributed by atoms with Crippen molar-refractivity contribution < 1.29 is 4.79 Å². The highest BCUT2D eigenvalue weighted by Gasteiger charge is 2.34. The number of carbonyl (C=O) groups is 1. The molecule has 0 heterocycles. The Morgan fingerprint density at radius 3 is 1.88 bits per heavy atom. The summed E-state index contributed by atoms with van der Waals surface area (Å²) in [4.78, 5) is 12.3. The van der Waals surface area contributed by atoms with Gasteiger partial charge in [0.2, 0.25) is 9.70 Å². The Kier molecular flexibility index (Phi) is 15.4. The summed E-state index contributed by atoms with van der Waals surface area (Å²) in [5, 5.41) is 8.92. The first kappa shape index (κ1) is 29.3. The summed E-state index contributed by atoms with van der Waals surface area (Å²) in [6.45, 7) is 4.25. The first-order chi connectivity index (χ1) is 15.2. The van der Waals surface area contributed by atoms with Gasteiger partial charge >= 0.3 is 0 Å². The molecule has 1 aromatic rings. The van der Waals surface area contributed by atoms with E-state index in [9.17, 15) is 4.79 Å². The molecule has 4 nitrogen and oxygen atoms in total. The molecule has 3 N–H and O–H groups in total. The van der Waals surface area contributed by atoms with Crippen LogP contribution in [0.1, 0.15) is 89.5 Å². The summed E-state index contributed by atoms with van der Waals surface area (Å²) >= 11 is 23.5. The molecule has 0 saturated carbocycles. The number of halogens is 3. The van der Waals surface area contributed by atoms with Gasteiger partial charge in [0.05, 0.1) is 0 Å². The van der Waals surface area contributed by atoms with Crippen LogP contribution >= 0.6 is 47.0 Å². The van der Waals surface area contributed by atoms with E-state index in [-0.39, 0.29) is 11.0 Å². The molecular formula is C24H38Cl3N3OS. The highest BCUT2D eigenvalue weighted by atomic mass is 35.6. The number of benzene rings is 1. The molecule has 1 amide bonds. The van der Waals surface area contributed by atoms with Crippen molar-refractivity contribution in [3.8, 4) is 0 Å². The average Bonchev–Trinajstić information content (AvgIpc) is 2.72. The third-order valence-electron chi connectivity index (χ3n) is 5.22. The fourth-order valence-corrected chi connectivity index (χ4v) is 3.88. The summed E-state index contributed by atoms with van der Waals surface area (Å²) in [5.41, 5.74) is 1.95. The van der Waals surface area contributed by atoms with Crippen LogP contribution in [0.3, 0.4) is 0 Å². The number of thiocarbonyl (C=S) groups is 1. The molecule has 1 atom stereocenters. The fourth-order valence-electron chi connectivity index (χ4n) is 3.32. The molecule has 1 unspecified atom stereocenters. The Morgan fingerprint density at radius 1 is 0.875 bits per heavy atom. The zero-order valence-electron chi connectivity index (χ0n) is 19.3. The Bertz CT molecular complexity index is 665. The quantitative estimate of drug-likeness (QED) is 0.0952. The summed E-state index contributed by atoms with van der Waals surface area (Å²) in [7, 11) is 0. The van der Waals surface area contributed by atoms with Gasteiger partial charge in [-0.2, -0.15) is 0 Å². The van der Waals surface area contributed by atoms with Gasteiger partial charge in [-0.3, -0.25) is 4.79 Å². The minimum absolute atomic E-state index is 0.164. The number of anilines is 1. The van der Waals surface area contributed by atoms with E-state index in [1.165, 1.54) is 51.4 Å². The standard InChI is InChI=1S/C24H38Cl3N3OS/c1-3-4-5-6-7-8-9-10-11-12-13-14-21(31)29-22(24(25,26)27)30-23(32)28-20-17-15-19(2)16-18-20/h15-18,22H,3-14H2,1-2H3,(H,29,31)(H2,28,30,32). The van der Waals surface area contributed by atoms with E-state index < -0.39 is 9.96 Å². The second kappa shape index (κ2) is 16.8. The van der Waals surface area contributed by atoms with Gasteiger partial charge in [0.15, 0.2) is 5.11 Å². The second-order valence-corrected chi connectivity index (χ2v) is 11.1. The van der Waals surface area contributed by atoms with Crippen molar-refractivity contribution in [2.45, 2.75) is 101 Å². The summed E-state index contributed by atoms with van der Waals surface area (Å²) in [6.07, 6.45) is 13.0. The molecule has 0 bridgehead atoms. The SMILES string of the molecule is CCCCCCCCCCCCCC(=O)NC(NC(=S)Nc1ccc(C)cc1)C(Cl)(Cl)Cl. The normalized spacial score (nSPS) is 12.3. The smallest absolute Gasteiger partial charge is 0.228 e. The van der Waals surface area contributed by atoms with Crippen LogP contribution in [0.15, 0.2) is 24.3 Å². The van der Waals surface area contributed by atoms with Crippen molar-refractivity contribution in [3.05, 3.63) is 29.8 Å². The molecular weight excluding hydrogens is 485 g/mol. The Labute approximate surface area is 214 Å². The Morgan fingerprint density at radius 2 is 1.38 bits per heavy atom. The van der Waals surface area contributed by atoms with E-state index in [2.05, 4.69) is 22.9 Å². The topological polar surface area (TPSA) is 53.2 Å². The lowest BCUT2D eigenvalue weighted by molar-refractivity contribution is -0.122. The summed E-state index contributed by atoms with van der Waals surface area (Å²) in [5.74, 6) is -0.164. The number of alkyl halides is 3. The monoisotopic (exact) mass is 521 g/mol. The van der Waals surface area contributed by atoms with Crippen molar-refractivity contribution >= 4 is 63.7 Å². The van der Waals surface area contributed by atoms with Crippen molar-refractivity contribution in [2.24, 2.45) is 0 Å². The molecule has 182 valence electrons. The lowest BCUT2D eigenvalue weighted by Gasteiger charge is -2.27. The van der Waals surface area contributed by atoms with Gasteiger partial charge < -0.3 is 16.0 Å². The van der Waals surface area contributed by atoms with Gasteiger partial charge in [0.1, 0.15) is 6.17 Å². The largest absolute Gasteiger partial charge is 0.339 e. The van der Waals surface area contributed by atoms with Crippen molar-refractivity contribution in [2.75, 3.05) is 5.32 Å². The van der Waals surface area contributed by atoms with Crippen LogP contribution in [0.4, 0.5) is 5.69 Å². The van der Waals surface area contributed by atoms with Gasteiger partial charge in [-0.05, 0) is 37.7 Å². The highest BCUT2D eigenvalue weighted by Crippen LogP contribution is 2.29.